The number of hydrogen-bond donors (Lipinski definition) is 0. The van der Waals surface area contributed by atoms with Crippen molar-refractivity contribution < 1.29 is 9.53 Å². The van der Waals surface area contributed by atoms with E-state index in [1.165, 1.54) is 0 Å². The quantitative estimate of drug-likeness (QED) is 0.806. The Morgan fingerprint density at radius 3 is 2.77 bits per heavy atom. The van der Waals surface area contributed by atoms with Crippen LogP contribution in [-0.2, 0) is 16.0 Å². The second-order valence-electron chi connectivity index (χ2n) is 5.59. The largest absolute Gasteiger partial charge is 0.374 e. The Bertz CT molecular complexity index is 491. The highest BCUT2D eigenvalue weighted by Crippen LogP contribution is 2.19. The maximum atomic E-state index is 12.4. The zero-order chi connectivity index (χ0) is 15.9. The first-order chi connectivity index (χ1) is 10.6. The van der Waals surface area contributed by atoms with Crippen molar-refractivity contribution in [3.05, 3.63) is 34.9 Å². The second kappa shape index (κ2) is 8.51. The van der Waals surface area contributed by atoms with Gasteiger partial charge in [-0.3, -0.25) is 9.69 Å². The van der Waals surface area contributed by atoms with Gasteiger partial charge in [-0.15, -0.1) is 0 Å². The molecule has 1 aromatic carbocycles. The molecule has 0 saturated carbocycles. The van der Waals surface area contributed by atoms with Crippen LogP contribution in [0.2, 0.25) is 5.02 Å². The van der Waals surface area contributed by atoms with Gasteiger partial charge < -0.3 is 9.64 Å². The molecule has 1 amide bonds. The number of halogens is 1. The summed E-state index contributed by atoms with van der Waals surface area (Å²) in [5.41, 5.74) is 1.08. The van der Waals surface area contributed by atoms with Crippen molar-refractivity contribution in [2.75, 3.05) is 39.3 Å². The predicted octanol–water partition coefficient (Wildman–Crippen LogP) is 2.45. The maximum Gasteiger partial charge on any atom is 0.236 e. The molecule has 122 valence electrons. The van der Waals surface area contributed by atoms with Gasteiger partial charge in [-0.2, -0.15) is 0 Å². The summed E-state index contributed by atoms with van der Waals surface area (Å²) in [6.45, 7) is 8.37. The second-order valence-corrected chi connectivity index (χ2v) is 6.00. The molecule has 1 aromatic rings. The van der Waals surface area contributed by atoms with E-state index in [-0.39, 0.29) is 12.0 Å². The summed E-state index contributed by atoms with van der Waals surface area (Å²) in [6.07, 6.45) is 0.767. The maximum absolute atomic E-state index is 12.4. The number of ether oxygens (including phenoxy) is 1. The summed E-state index contributed by atoms with van der Waals surface area (Å²) in [5, 5.41) is 0.762. The number of likely N-dealkylation sites (N-methyl/N-ethyl adjacent to an activating group) is 1. The van der Waals surface area contributed by atoms with Crippen molar-refractivity contribution in [2.45, 2.75) is 26.4 Å². The number of carbonyl (C=O) groups is 1. The summed E-state index contributed by atoms with van der Waals surface area (Å²) in [4.78, 5) is 16.5. The smallest absolute Gasteiger partial charge is 0.236 e. The summed E-state index contributed by atoms with van der Waals surface area (Å²) >= 11 is 6.21. The first kappa shape index (κ1) is 17.3. The Balaban J connectivity index is 1.91. The standard InChI is InChI=1S/C17H25ClN2O2/c1-3-19(4-2)13-17(21)20-9-10-22-15(12-20)11-14-7-5-6-8-16(14)18/h5-8,15H,3-4,9-13H2,1-2H3. The molecular weight excluding hydrogens is 300 g/mol. The van der Waals surface area contributed by atoms with E-state index >= 15 is 0 Å². The van der Waals surface area contributed by atoms with Gasteiger partial charge >= 0.3 is 0 Å². The lowest BCUT2D eigenvalue weighted by Crippen LogP contribution is -2.49. The Kier molecular flexibility index (Phi) is 6.68. The lowest BCUT2D eigenvalue weighted by atomic mass is 10.1. The van der Waals surface area contributed by atoms with Crippen molar-refractivity contribution in [1.29, 1.82) is 0 Å². The molecule has 0 aliphatic carbocycles. The fraction of sp³-hybridized carbons (Fsp3) is 0.588. The van der Waals surface area contributed by atoms with Gasteiger partial charge in [0.05, 0.1) is 19.3 Å². The lowest BCUT2D eigenvalue weighted by molar-refractivity contribution is -0.139. The van der Waals surface area contributed by atoms with Gasteiger partial charge in [-0.05, 0) is 24.7 Å². The topological polar surface area (TPSA) is 32.8 Å². The van der Waals surface area contributed by atoms with Gasteiger partial charge in [0.2, 0.25) is 5.91 Å². The van der Waals surface area contributed by atoms with Crippen molar-refractivity contribution in [3.63, 3.8) is 0 Å². The molecule has 1 unspecified atom stereocenters. The molecule has 1 fully saturated rings. The number of morpholine rings is 1. The third-order valence-electron chi connectivity index (χ3n) is 4.15. The first-order valence-electron chi connectivity index (χ1n) is 7.99. The molecule has 1 aliphatic heterocycles. The number of amides is 1. The van der Waals surface area contributed by atoms with Crippen molar-refractivity contribution in [3.8, 4) is 0 Å². The van der Waals surface area contributed by atoms with E-state index < -0.39 is 0 Å². The van der Waals surface area contributed by atoms with E-state index in [1.807, 2.05) is 29.2 Å². The molecule has 2 rings (SSSR count). The van der Waals surface area contributed by atoms with Crippen LogP contribution in [0.1, 0.15) is 19.4 Å². The fourth-order valence-corrected chi connectivity index (χ4v) is 2.93. The van der Waals surface area contributed by atoms with Crippen LogP contribution in [0.3, 0.4) is 0 Å². The first-order valence-corrected chi connectivity index (χ1v) is 8.37. The molecule has 0 radical (unpaired) electrons. The molecule has 1 heterocycles. The zero-order valence-electron chi connectivity index (χ0n) is 13.4. The number of rotatable bonds is 6. The zero-order valence-corrected chi connectivity index (χ0v) is 14.2. The van der Waals surface area contributed by atoms with Gasteiger partial charge in [0.25, 0.3) is 0 Å². The predicted molar refractivity (Wildman–Crippen MR) is 89.3 cm³/mol. The SMILES string of the molecule is CCN(CC)CC(=O)N1CCOC(Cc2ccccc2Cl)C1. The Morgan fingerprint density at radius 2 is 2.09 bits per heavy atom. The van der Waals surface area contributed by atoms with E-state index in [4.69, 9.17) is 16.3 Å². The van der Waals surface area contributed by atoms with Crippen molar-refractivity contribution >= 4 is 17.5 Å². The summed E-state index contributed by atoms with van der Waals surface area (Å²) < 4.78 is 5.81. The molecule has 1 aliphatic rings. The van der Waals surface area contributed by atoms with Gasteiger partial charge in [0.1, 0.15) is 0 Å². The molecule has 0 N–H and O–H groups in total. The molecular formula is C17H25ClN2O2. The summed E-state index contributed by atoms with van der Waals surface area (Å²) in [5.74, 6) is 0.191. The summed E-state index contributed by atoms with van der Waals surface area (Å²) in [6, 6.07) is 7.81. The molecule has 4 nitrogen and oxygen atoms in total. The van der Waals surface area contributed by atoms with Gasteiger partial charge in [0, 0.05) is 24.5 Å². The Morgan fingerprint density at radius 1 is 1.36 bits per heavy atom. The van der Waals surface area contributed by atoms with Gasteiger partial charge in [-0.1, -0.05) is 43.6 Å². The number of benzene rings is 1. The highest BCUT2D eigenvalue weighted by molar-refractivity contribution is 6.31. The van der Waals surface area contributed by atoms with Crippen molar-refractivity contribution in [2.24, 2.45) is 0 Å². The number of hydrogen-bond acceptors (Lipinski definition) is 3. The average molecular weight is 325 g/mol. The molecule has 22 heavy (non-hydrogen) atoms. The molecule has 0 bridgehead atoms. The van der Waals surface area contributed by atoms with E-state index in [2.05, 4.69) is 18.7 Å². The third-order valence-corrected chi connectivity index (χ3v) is 4.52. The van der Waals surface area contributed by atoms with E-state index in [9.17, 15) is 4.79 Å². The van der Waals surface area contributed by atoms with E-state index in [0.717, 1.165) is 30.1 Å². The Labute approximate surface area is 138 Å². The molecule has 5 heteroatoms. The van der Waals surface area contributed by atoms with Crippen LogP contribution in [-0.4, -0.2) is 61.1 Å². The van der Waals surface area contributed by atoms with E-state index in [0.29, 0.717) is 26.2 Å². The van der Waals surface area contributed by atoms with Crippen LogP contribution in [0, 0.1) is 0 Å². The highest BCUT2D eigenvalue weighted by Gasteiger charge is 2.25. The van der Waals surface area contributed by atoms with Crippen LogP contribution < -0.4 is 0 Å². The molecule has 1 atom stereocenters. The minimum absolute atomic E-state index is 0.0225. The lowest BCUT2D eigenvalue weighted by Gasteiger charge is -2.34. The Hall–Kier alpha value is -1.10. The van der Waals surface area contributed by atoms with E-state index in [1.54, 1.807) is 0 Å². The van der Waals surface area contributed by atoms with Crippen LogP contribution in [0.15, 0.2) is 24.3 Å². The molecule has 0 aromatic heterocycles. The van der Waals surface area contributed by atoms with Gasteiger partial charge in [-0.25, -0.2) is 0 Å². The normalized spacial score (nSPS) is 18.7. The van der Waals surface area contributed by atoms with Crippen LogP contribution in [0.5, 0.6) is 0 Å². The van der Waals surface area contributed by atoms with Gasteiger partial charge in [0.15, 0.2) is 0 Å². The molecule has 0 spiro atoms. The fourth-order valence-electron chi connectivity index (χ4n) is 2.72. The van der Waals surface area contributed by atoms with Crippen molar-refractivity contribution in [1.82, 2.24) is 9.80 Å². The molecule has 1 saturated heterocycles. The highest BCUT2D eigenvalue weighted by atomic mass is 35.5. The van der Waals surface area contributed by atoms with Crippen LogP contribution in [0.4, 0.5) is 0 Å². The minimum atomic E-state index is 0.0225. The van der Waals surface area contributed by atoms with Crippen LogP contribution in [0.25, 0.3) is 0 Å². The van der Waals surface area contributed by atoms with Crippen LogP contribution >= 0.6 is 11.6 Å². The minimum Gasteiger partial charge on any atom is -0.374 e. The summed E-state index contributed by atoms with van der Waals surface area (Å²) in [7, 11) is 0. The number of carbonyl (C=O) groups excluding carboxylic acids is 1. The average Bonchev–Trinajstić information content (AvgIpc) is 2.55. The number of nitrogens with zero attached hydrogens (tertiary/aromatic N) is 2. The third kappa shape index (κ3) is 4.70. The monoisotopic (exact) mass is 324 g/mol.